The summed E-state index contributed by atoms with van der Waals surface area (Å²) >= 11 is 0. The first kappa shape index (κ1) is 22.0. The van der Waals surface area contributed by atoms with Gasteiger partial charge in [0, 0.05) is 0 Å². The molecule has 2 aromatic rings. The molecule has 2 atom stereocenters. The Hall–Kier alpha value is -2.34. The van der Waals surface area contributed by atoms with Gasteiger partial charge in [-0.3, -0.25) is 9.10 Å². The van der Waals surface area contributed by atoms with E-state index in [2.05, 4.69) is 5.32 Å². The zero-order chi connectivity index (χ0) is 21.2. The lowest BCUT2D eigenvalue weighted by Crippen LogP contribution is -2.48. The van der Waals surface area contributed by atoms with Crippen molar-refractivity contribution in [3.63, 3.8) is 0 Å². The highest BCUT2D eigenvalue weighted by Gasteiger charge is 2.30. The Labute approximate surface area is 168 Å². The fourth-order valence-electron chi connectivity index (χ4n) is 3.34. The van der Waals surface area contributed by atoms with Gasteiger partial charge in [-0.1, -0.05) is 24.3 Å². The molecule has 0 bridgehead atoms. The lowest BCUT2D eigenvalue weighted by molar-refractivity contribution is -0.122. The van der Waals surface area contributed by atoms with E-state index in [1.54, 1.807) is 19.1 Å². The molecule has 28 heavy (non-hydrogen) atoms. The van der Waals surface area contributed by atoms with Gasteiger partial charge >= 0.3 is 0 Å². The minimum absolute atomic E-state index is 0.227. The van der Waals surface area contributed by atoms with E-state index >= 15 is 0 Å². The van der Waals surface area contributed by atoms with Crippen molar-refractivity contribution in [3.8, 4) is 0 Å². The fraction of sp³-hybridized carbons (Fsp3) is 0.409. The Balaban J connectivity index is 2.29. The first-order valence-corrected chi connectivity index (χ1v) is 11.2. The van der Waals surface area contributed by atoms with Gasteiger partial charge in [-0.05, 0) is 81.5 Å². The van der Waals surface area contributed by atoms with E-state index in [0.717, 1.165) is 28.5 Å². The van der Waals surface area contributed by atoms with Crippen molar-refractivity contribution >= 4 is 21.6 Å². The number of nitrogens with zero attached hydrogens (tertiary/aromatic N) is 1. The molecule has 0 aliphatic rings. The van der Waals surface area contributed by atoms with E-state index in [9.17, 15) is 13.2 Å². The zero-order valence-electron chi connectivity index (χ0n) is 17.7. The summed E-state index contributed by atoms with van der Waals surface area (Å²) in [4.78, 5) is 12.9. The number of nitrogens with one attached hydrogen (secondary N) is 1. The van der Waals surface area contributed by atoms with Gasteiger partial charge in [0.1, 0.15) is 6.04 Å². The molecular weight excluding hydrogens is 372 g/mol. The number of rotatable bonds is 6. The molecule has 152 valence electrons. The van der Waals surface area contributed by atoms with Crippen LogP contribution in [0, 0.1) is 27.7 Å². The molecule has 0 saturated carbocycles. The maximum atomic E-state index is 12.9. The predicted molar refractivity (Wildman–Crippen MR) is 115 cm³/mol. The molecule has 2 aromatic carbocycles. The number of hydrogen-bond donors (Lipinski definition) is 1. The average Bonchev–Trinajstić information content (AvgIpc) is 2.55. The minimum Gasteiger partial charge on any atom is -0.348 e. The van der Waals surface area contributed by atoms with Crippen molar-refractivity contribution in [2.24, 2.45) is 0 Å². The summed E-state index contributed by atoms with van der Waals surface area (Å²) in [6.07, 6.45) is 1.13. The van der Waals surface area contributed by atoms with Gasteiger partial charge in [0.05, 0.1) is 18.0 Å². The van der Waals surface area contributed by atoms with Crippen LogP contribution in [0.15, 0.2) is 36.4 Å². The quantitative estimate of drug-likeness (QED) is 0.795. The van der Waals surface area contributed by atoms with E-state index in [4.69, 9.17) is 0 Å². The third-order valence-corrected chi connectivity index (χ3v) is 6.18. The normalized spacial score (nSPS) is 13.7. The Bertz CT molecular complexity index is 963. The number of benzene rings is 2. The lowest BCUT2D eigenvalue weighted by Gasteiger charge is -2.30. The molecule has 0 radical (unpaired) electrons. The zero-order valence-corrected chi connectivity index (χ0v) is 18.5. The van der Waals surface area contributed by atoms with Crippen molar-refractivity contribution in [2.45, 2.75) is 53.6 Å². The number of amides is 1. The van der Waals surface area contributed by atoms with Crippen molar-refractivity contribution in [1.82, 2.24) is 5.32 Å². The van der Waals surface area contributed by atoms with Crippen LogP contribution in [0.1, 0.15) is 47.7 Å². The highest BCUT2D eigenvalue weighted by molar-refractivity contribution is 7.92. The molecule has 0 aliphatic carbocycles. The fourth-order valence-corrected chi connectivity index (χ4v) is 4.50. The maximum absolute atomic E-state index is 12.9. The van der Waals surface area contributed by atoms with E-state index in [-0.39, 0.29) is 11.9 Å². The van der Waals surface area contributed by atoms with Gasteiger partial charge in [0.2, 0.25) is 15.9 Å². The van der Waals surface area contributed by atoms with Crippen LogP contribution in [0.5, 0.6) is 0 Å². The summed E-state index contributed by atoms with van der Waals surface area (Å²) in [5.41, 5.74) is 5.72. The van der Waals surface area contributed by atoms with Gasteiger partial charge in [0.15, 0.2) is 0 Å². The summed E-state index contributed by atoms with van der Waals surface area (Å²) in [5.74, 6) is -0.338. The maximum Gasteiger partial charge on any atom is 0.244 e. The summed E-state index contributed by atoms with van der Waals surface area (Å²) in [6.45, 7) is 11.4. The summed E-state index contributed by atoms with van der Waals surface area (Å²) in [6, 6.07) is 10.5. The van der Waals surface area contributed by atoms with Crippen LogP contribution in [-0.4, -0.2) is 26.6 Å². The second kappa shape index (κ2) is 8.35. The molecular formula is C22H30N2O3S. The molecule has 0 heterocycles. The molecule has 1 N–H and O–H groups in total. The third kappa shape index (κ3) is 5.13. The van der Waals surface area contributed by atoms with Gasteiger partial charge in [-0.2, -0.15) is 0 Å². The largest absolute Gasteiger partial charge is 0.348 e. The first-order chi connectivity index (χ1) is 12.9. The Morgan fingerprint density at radius 1 is 0.929 bits per heavy atom. The summed E-state index contributed by atoms with van der Waals surface area (Å²) in [5, 5.41) is 2.95. The minimum atomic E-state index is -3.64. The molecule has 0 aromatic heterocycles. The van der Waals surface area contributed by atoms with E-state index in [1.807, 2.05) is 58.9 Å². The van der Waals surface area contributed by atoms with E-state index in [1.165, 1.54) is 9.87 Å². The number of sulfonamides is 1. The smallest absolute Gasteiger partial charge is 0.244 e. The Kier molecular flexibility index (Phi) is 6.55. The molecule has 1 amide bonds. The topological polar surface area (TPSA) is 66.5 Å². The van der Waals surface area contributed by atoms with Crippen LogP contribution in [0.3, 0.4) is 0 Å². The molecule has 0 spiro atoms. The van der Waals surface area contributed by atoms with Crippen LogP contribution in [0.25, 0.3) is 0 Å². The number of carbonyl (C=O) groups is 1. The number of carbonyl (C=O) groups excluding carboxylic acids is 1. The molecule has 5 nitrogen and oxygen atoms in total. The van der Waals surface area contributed by atoms with Crippen molar-refractivity contribution in [3.05, 3.63) is 64.2 Å². The Morgan fingerprint density at radius 2 is 1.50 bits per heavy atom. The SMILES string of the molecule is Cc1cc(C)cc(N([C@H](C)C(=O)N[C@@H](C)c2ccc(C)c(C)c2)S(C)(=O)=O)c1. The highest BCUT2D eigenvalue weighted by Crippen LogP contribution is 2.24. The van der Waals surface area contributed by atoms with Crippen molar-refractivity contribution in [1.29, 1.82) is 0 Å². The highest BCUT2D eigenvalue weighted by atomic mass is 32.2. The third-order valence-electron chi connectivity index (χ3n) is 4.94. The van der Waals surface area contributed by atoms with Crippen LogP contribution in [-0.2, 0) is 14.8 Å². The van der Waals surface area contributed by atoms with Gasteiger partial charge in [-0.25, -0.2) is 8.42 Å². The number of hydrogen-bond acceptors (Lipinski definition) is 3. The standard InChI is InChI=1S/C22H30N2O3S/c1-14-10-15(2)12-21(11-14)24(28(7,26)27)19(6)22(25)23-18(5)20-9-8-16(3)17(4)13-20/h8-13,18-19H,1-7H3,(H,23,25)/t18-,19+/m0/s1. The van der Waals surface area contributed by atoms with Crippen LogP contribution >= 0.6 is 0 Å². The molecule has 2 rings (SSSR count). The summed E-state index contributed by atoms with van der Waals surface area (Å²) < 4.78 is 26.2. The number of aryl methyl sites for hydroxylation is 4. The van der Waals surface area contributed by atoms with Gasteiger partial charge in [0.25, 0.3) is 0 Å². The molecule has 0 fully saturated rings. The molecule has 0 saturated heterocycles. The van der Waals surface area contributed by atoms with Crippen LogP contribution < -0.4 is 9.62 Å². The average molecular weight is 403 g/mol. The second-order valence-electron chi connectivity index (χ2n) is 7.65. The molecule has 0 unspecified atom stereocenters. The van der Waals surface area contributed by atoms with E-state index < -0.39 is 16.1 Å². The predicted octanol–water partition coefficient (Wildman–Crippen LogP) is 3.95. The van der Waals surface area contributed by atoms with E-state index in [0.29, 0.717) is 5.69 Å². The van der Waals surface area contributed by atoms with Gasteiger partial charge < -0.3 is 5.32 Å². The Morgan fingerprint density at radius 3 is 2.00 bits per heavy atom. The second-order valence-corrected chi connectivity index (χ2v) is 9.51. The van der Waals surface area contributed by atoms with Gasteiger partial charge in [-0.15, -0.1) is 0 Å². The van der Waals surface area contributed by atoms with Crippen LogP contribution in [0.4, 0.5) is 5.69 Å². The lowest BCUT2D eigenvalue weighted by atomic mass is 10.0. The summed E-state index contributed by atoms with van der Waals surface area (Å²) in [7, 11) is -3.64. The molecule has 0 aliphatic heterocycles. The van der Waals surface area contributed by atoms with Crippen molar-refractivity contribution in [2.75, 3.05) is 10.6 Å². The van der Waals surface area contributed by atoms with Crippen LogP contribution in [0.2, 0.25) is 0 Å². The molecule has 6 heteroatoms. The first-order valence-electron chi connectivity index (χ1n) is 9.35. The monoisotopic (exact) mass is 402 g/mol. The number of anilines is 1. The van der Waals surface area contributed by atoms with Crippen molar-refractivity contribution < 1.29 is 13.2 Å².